The molecule has 0 unspecified atom stereocenters. The molecular weight excluding hydrogens is 318 g/mol. The normalized spacial score (nSPS) is 11.1. The van der Waals surface area contributed by atoms with E-state index in [4.69, 9.17) is 4.74 Å². The molecule has 4 rings (SSSR count). The highest BCUT2D eigenvalue weighted by atomic mass is 16.5. The second-order valence-corrected chi connectivity index (χ2v) is 5.74. The summed E-state index contributed by atoms with van der Waals surface area (Å²) in [4.78, 5) is 25.3. The van der Waals surface area contributed by atoms with Gasteiger partial charge in [0, 0.05) is 18.7 Å². The minimum absolute atomic E-state index is 0.194. The highest BCUT2D eigenvalue weighted by Gasteiger charge is 2.17. The quantitative estimate of drug-likeness (QED) is 0.540. The topological polar surface area (TPSA) is 65.6 Å². The van der Waals surface area contributed by atoms with Gasteiger partial charge in [-0.05, 0) is 36.4 Å². The Bertz CT molecular complexity index is 1170. The van der Waals surface area contributed by atoms with Crippen LogP contribution < -0.4 is 10.3 Å². The van der Waals surface area contributed by atoms with Gasteiger partial charge >= 0.3 is 0 Å². The second kappa shape index (κ2) is 5.59. The van der Waals surface area contributed by atoms with Crippen molar-refractivity contribution in [2.24, 2.45) is 7.05 Å². The molecule has 0 spiro atoms. The standard InChI is InChI=1S/C19H15N3O3/c1-21-15-5-3-4-6-16(15)22-17(19(21)24)11-14(20-22)18(23)12-7-9-13(25-2)10-8-12/h3-11H,1-2H3. The number of carbonyl (C=O) groups is 1. The Morgan fingerprint density at radius 2 is 1.68 bits per heavy atom. The van der Waals surface area contributed by atoms with Crippen LogP contribution in [0.3, 0.4) is 0 Å². The van der Waals surface area contributed by atoms with Gasteiger partial charge in [0.1, 0.15) is 17.0 Å². The number of benzene rings is 2. The van der Waals surface area contributed by atoms with Crippen LogP contribution >= 0.6 is 0 Å². The lowest BCUT2D eigenvalue weighted by atomic mass is 10.1. The number of fused-ring (bicyclic) bond motifs is 3. The first kappa shape index (κ1) is 15.1. The Kier molecular flexibility index (Phi) is 3.39. The van der Waals surface area contributed by atoms with Crippen LogP contribution in [0.25, 0.3) is 16.6 Å². The van der Waals surface area contributed by atoms with E-state index in [1.807, 2.05) is 24.3 Å². The van der Waals surface area contributed by atoms with Crippen LogP contribution in [0.15, 0.2) is 59.4 Å². The third kappa shape index (κ3) is 2.30. The zero-order valence-corrected chi connectivity index (χ0v) is 13.8. The molecule has 6 nitrogen and oxygen atoms in total. The zero-order chi connectivity index (χ0) is 17.6. The number of aryl methyl sites for hydroxylation is 1. The molecule has 0 saturated heterocycles. The Morgan fingerprint density at radius 1 is 1.00 bits per heavy atom. The lowest BCUT2D eigenvalue weighted by Gasteiger charge is -2.06. The van der Waals surface area contributed by atoms with Crippen molar-refractivity contribution in [3.05, 3.63) is 76.2 Å². The van der Waals surface area contributed by atoms with E-state index < -0.39 is 0 Å². The second-order valence-electron chi connectivity index (χ2n) is 5.74. The van der Waals surface area contributed by atoms with Gasteiger partial charge in [-0.1, -0.05) is 12.1 Å². The SMILES string of the molecule is COc1ccc(C(=O)c2cc3c(=O)n(C)c4ccccc4n3n2)cc1. The summed E-state index contributed by atoms with van der Waals surface area (Å²) in [6.07, 6.45) is 0. The molecule has 124 valence electrons. The Morgan fingerprint density at radius 3 is 2.36 bits per heavy atom. The summed E-state index contributed by atoms with van der Waals surface area (Å²) in [6.45, 7) is 0. The molecular formula is C19H15N3O3. The molecule has 0 bridgehead atoms. The van der Waals surface area contributed by atoms with Crippen LogP contribution in [0, 0.1) is 0 Å². The smallest absolute Gasteiger partial charge is 0.276 e. The van der Waals surface area contributed by atoms with Crippen LogP contribution in [0.2, 0.25) is 0 Å². The highest BCUT2D eigenvalue weighted by molar-refractivity contribution is 6.08. The van der Waals surface area contributed by atoms with Gasteiger partial charge < -0.3 is 9.30 Å². The summed E-state index contributed by atoms with van der Waals surface area (Å²) < 4.78 is 8.20. The maximum Gasteiger partial charge on any atom is 0.276 e. The van der Waals surface area contributed by atoms with Crippen molar-refractivity contribution in [2.45, 2.75) is 0 Å². The van der Waals surface area contributed by atoms with E-state index in [-0.39, 0.29) is 17.0 Å². The van der Waals surface area contributed by atoms with E-state index in [0.717, 1.165) is 11.0 Å². The predicted molar refractivity (Wildman–Crippen MR) is 94.4 cm³/mol. The minimum Gasteiger partial charge on any atom is -0.497 e. The number of ketones is 1. The van der Waals surface area contributed by atoms with Crippen molar-refractivity contribution in [3.63, 3.8) is 0 Å². The van der Waals surface area contributed by atoms with Gasteiger partial charge in [-0.25, -0.2) is 4.52 Å². The average molecular weight is 333 g/mol. The maximum atomic E-state index is 12.7. The predicted octanol–water partition coefficient (Wildman–Crippen LogP) is 2.43. The highest BCUT2D eigenvalue weighted by Crippen LogP contribution is 2.17. The minimum atomic E-state index is -0.238. The van der Waals surface area contributed by atoms with E-state index in [0.29, 0.717) is 16.8 Å². The van der Waals surface area contributed by atoms with Crippen LogP contribution in [-0.2, 0) is 7.05 Å². The van der Waals surface area contributed by atoms with Crippen molar-refractivity contribution in [3.8, 4) is 5.75 Å². The number of hydrogen-bond acceptors (Lipinski definition) is 4. The summed E-state index contributed by atoms with van der Waals surface area (Å²) in [6, 6.07) is 15.8. The monoisotopic (exact) mass is 333 g/mol. The molecule has 0 aliphatic carbocycles. The molecule has 0 saturated carbocycles. The third-order valence-electron chi connectivity index (χ3n) is 4.29. The van der Waals surface area contributed by atoms with Crippen molar-refractivity contribution >= 4 is 22.3 Å². The fourth-order valence-electron chi connectivity index (χ4n) is 2.93. The number of methoxy groups -OCH3 is 1. The summed E-state index contributed by atoms with van der Waals surface area (Å²) in [5, 5.41) is 4.38. The van der Waals surface area contributed by atoms with Crippen molar-refractivity contribution in [1.29, 1.82) is 0 Å². The Balaban J connectivity index is 1.91. The molecule has 2 aromatic carbocycles. The van der Waals surface area contributed by atoms with Gasteiger partial charge in [0.2, 0.25) is 5.78 Å². The molecule has 0 aliphatic heterocycles. The lowest BCUT2D eigenvalue weighted by molar-refractivity contribution is 0.103. The zero-order valence-electron chi connectivity index (χ0n) is 13.8. The van der Waals surface area contributed by atoms with Crippen LogP contribution in [0.5, 0.6) is 5.75 Å². The Hall–Kier alpha value is -3.41. The number of hydrogen-bond donors (Lipinski definition) is 0. The fraction of sp³-hybridized carbons (Fsp3) is 0.105. The van der Waals surface area contributed by atoms with E-state index in [1.165, 1.54) is 4.52 Å². The number of nitrogens with zero attached hydrogens (tertiary/aromatic N) is 3. The molecule has 0 N–H and O–H groups in total. The molecule has 2 heterocycles. The van der Waals surface area contributed by atoms with E-state index in [9.17, 15) is 9.59 Å². The average Bonchev–Trinajstić information content (AvgIpc) is 3.11. The number of ether oxygens (including phenoxy) is 1. The van der Waals surface area contributed by atoms with Gasteiger partial charge in [0.05, 0.1) is 18.1 Å². The number of rotatable bonds is 3. The molecule has 4 aromatic rings. The van der Waals surface area contributed by atoms with Gasteiger partial charge in [-0.2, -0.15) is 5.10 Å². The molecule has 25 heavy (non-hydrogen) atoms. The van der Waals surface area contributed by atoms with Gasteiger partial charge in [-0.3, -0.25) is 9.59 Å². The molecule has 2 aromatic heterocycles. The summed E-state index contributed by atoms with van der Waals surface area (Å²) in [5.41, 5.74) is 2.43. The number of aromatic nitrogens is 3. The summed E-state index contributed by atoms with van der Waals surface area (Å²) >= 11 is 0. The molecule has 0 aliphatic rings. The Labute approximate surface area is 142 Å². The van der Waals surface area contributed by atoms with E-state index in [1.54, 1.807) is 49.1 Å². The van der Waals surface area contributed by atoms with E-state index >= 15 is 0 Å². The first-order chi connectivity index (χ1) is 12.1. The third-order valence-corrected chi connectivity index (χ3v) is 4.29. The molecule has 0 atom stereocenters. The van der Waals surface area contributed by atoms with E-state index in [2.05, 4.69) is 5.10 Å². The van der Waals surface area contributed by atoms with Gasteiger partial charge in [0.15, 0.2) is 0 Å². The maximum absolute atomic E-state index is 12.7. The molecule has 0 fully saturated rings. The summed E-state index contributed by atoms with van der Waals surface area (Å²) in [5.74, 6) is 0.434. The van der Waals surface area contributed by atoms with Crippen LogP contribution in [0.4, 0.5) is 0 Å². The lowest BCUT2D eigenvalue weighted by Crippen LogP contribution is -2.19. The summed E-state index contributed by atoms with van der Waals surface area (Å²) in [7, 11) is 3.28. The van der Waals surface area contributed by atoms with Crippen molar-refractivity contribution in [2.75, 3.05) is 7.11 Å². The number of para-hydroxylation sites is 2. The van der Waals surface area contributed by atoms with Gasteiger partial charge in [0.25, 0.3) is 5.56 Å². The molecule has 0 radical (unpaired) electrons. The largest absolute Gasteiger partial charge is 0.497 e. The number of carbonyl (C=O) groups excluding carboxylic acids is 1. The molecule has 0 amide bonds. The fourth-order valence-corrected chi connectivity index (χ4v) is 2.93. The van der Waals surface area contributed by atoms with Crippen LogP contribution in [-0.4, -0.2) is 27.1 Å². The molecule has 6 heteroatoms. The first-order valence-electron chi connectivity index (χ1n) is 7.76. The van der Waals surface area contributed by atoms with Crippen LogP contribution in [0.1, 0.15) is 16.1 Å². The van der Waals surface area contributed by atoms with Crippen molar-refractivity contribution < 1.29 is 9.53 Å². The van der Waals surface area contributed by atoms with Gasteiger partial charge in [-0.15, -0.1) is 0 Å². The first-order valence-corrected chi connectivity index (χ1v) is 7.76. The van der Waals surface area contributed by atoms with Crippen molar-refractivity contribution in [1.82, 2.24) is 14.2 Å².